The molecule has 4 amide bonds. The summed E-state index contributed by atoms with van der Waals surface area (Å²) in [4.78, 5) is 45.0. The number of para-hydroxylation sites is 1. The molecular weight excluding hydrogens is 354 g/mol. The van der Waals surface area contributed by atoms with Crippen LogP contribution in [0.5, 0.6) is 11.5 Å². The van der Waals surface area contributed by atoms with Gasteiger partial charge in [-0.25, -0.2) is 4.79 Å². The Morgan fingerprint density at radius 2 is 1.52 bits per heavy atom. The van der Waals surface area contributed by atoms with Crippen LogP contribution in [0.4, 0.5) is 4.79 Å². The minimum atomic E-state index is -1.05. The number of primary amides is 1. The molecule has 0 unspecified atom stereocenters. The zero-order chi connectivity index (χ0) is 19.6. The molecule has 140 valence electrons. The third-order valence-electron chi connectivity index (χ3n) is 3.12. The minimum absolute atomic E-state index is 0.315. The maximum absolute atomic E-state index is 12.0. The summed E-state index contributed by atoms with van der Waals surface area (Å²) in [7, 11) is 0. The van der Waals surface area contributed by atoms with Gasteiger partial charge in [-0.05, 0) is 36.4 Å². The molecule has 0 aromatic heterocycles. The van der Waals surface area contributed by atoms with E-state index in [2.05, 4.69) is 10.1 Å². The maximum Gasteiger partial charge on any atom is 0.325 e. The molecule has 9 heteroatoms. The van der Waals surface area contributed by atoms with E-state index in [4.69, 9.17) is 10.5 Å². The maximum atomic E-state index is 12.0. The number of rotatable bonds is 7. The van der Waals surface area contributed by atoms with E-state index in [1.54, 1.807) is 41.7 Å². The predicted molar refractivity (Wildman–Crippen MR) is 94.0 cm³/mol. The molecule has 0 aliphatic heterocycles. The summed E-state index contributed by atoms with van der Waals surface area (Å²) in [5.74, 6) is -0.988. The van der Waals surface area contributed by atoms with Crippen LogP contribution in [0.2, 0.25) is 0 Å². The zero-order valence-corrected chi connectivity index (χ0v) is 14.1. The van der Waals surface area contributed by atoms with Crippen molar-refractivity contribution in [1.29, 1.82) is 0 Å². The largest absolute Gasteiger partial charge is 0.457 e. The highest BCUT2D eigenvalue weighted by molar-refractivity contribution is 5.97. The summed E-state index contributed by atoms with van der Waals surface area (Å²) >= 11 is 0. The summed E-state index contributed by atoms with van der Waals surface area (Å²) in [6, 6.07) is 14.4. The van der Waals surface area contributed by atoms with Gasteiger partial charge >= 0.3 is 12.0 Å². The van der Waals surface area contributed by atoms with Crippen molar-refractivity contribution in [2.24, 2.45) is 5.73 Å². The van der Waals surface area contributed by atoms with E-state index in [-0.39, 0.29) is 0 Å². The van der Waals surface area contributed by atoms with Crippen LogP contribution in [-0.2, 0) is 14.3 Å². The molecule has 0 heterocycles. The number of nitrogens with two attached hydrogens (primary N) is 1. The summed E-state index contributed by atoms with van der Waals surface area (Å²) in [5.41, 5.74) is 5.05. The third kappa shape index (κ3) is 6.86. The van der Waals surface area contributed by atoms with Gasteiger partial charge in [0.25, 0.3) is 11.8 Å². The highest BCUT2D eigenvalue weighted by atomic mass is 16.5. The molecule has 0 radical (unpaired) electrons. The van der Waals surface area contributed by atoms with Crippen LogP contribution in [0.1, 0.15) is 10.4 Å². The first-order chi connectivity index (χ1) is 12.9. The summed E-state index contributed by atoms with van der Waals surface area (Å²) < 4.78 is 10.2. The second-order valence-electron chi connectivity index (χ2n) is 5.20. The van der Waals surface area contributed by atoms with Gasteiger partial charge in [0, 0.05) is 5.56 Å². The van der Waals surface area contributed by atoms with E-state index in [9.17, 15) is 19.2 Å². The van der Waals surface area contributed by atoms with E-state index in [0.29, 0.717) is 17.1 Å². The molecule has 2 rings (SSSR count). The lowest BCUT2D eigenvalue weighted by molar-refractivity contribution is -0.147. The number of imide groups is 1. The molecule has 9 nitrogen and oxygen atoms in total. The normalized spacial score (nSPS) is 9.78. The van der Waals surface area contributed by atoms with E-state index in [1.807, 2.05) is 18.2 Å². The Labute approximate surface area is 154 Å². The average Bonchev–Trinajstić information content (AvgIpc) is 2.65. The predicted octanol–water partition coefficient (Wildman–Crippen LogP) is 0.947. The molecule has 0 bridgehead atoms. The third-order valence-corrected chi connectivity index (χ3v) is 3.12. The molecule has 0 aliphatic rings. The first-order valence-corrected chi connectivity index (χ1v) is 7.80. The number of urea groups is 1. The molecule has 2 aromatic carbocycles. The molecule has 0 spiro atoms. The number of esters is 1. The Morgan fingerprint density at radius 1 is 0.889 bits per heavy atom. The minimum Gasteiger partial charge on any atom is -0.457 e. The second-order valence-corrected chi connectivity index (χ2v) is 5.20. The van der Waals surface area contributed by atoms with Crippen LogP contribution < -0.4 is 21.1 Å². The lowest BCUT2D eigenvalue weighted by atomic mass is 10.2. The molecule has 0 saturated heterocycles. The van der Waals surface area contributed by atoms with Gasteiger partial charge in [-0.1, -0.05) is 18.2 Å². The Bertz CT molecular complexity index is 821. The van der Waals surface area contributed by atoms with E-state index in [1.165, 1.54) is 0 Å². The van der Waals surface area contributed by atoms with Crippen LogP contribution in [-0.4, -0.2) is 37.0 Å². The number of hydrogen-bond acceptors (Lipinski definition) is 6. The first kappa shape index (κ1) is 19.4. The fourth-order valence-corrected chi connectivity index (χ4v) is 1.92. The number of carbonyl (C=O) groups excluding carboxylic acids is 4. The van der Waals surface area contributed by atoms with Crippen molar-refractivity contribution in [2.45, 2.75) is 0 Å². The number of carbonyl (C=O) groups is 4. The number of ether oxygens (including phenoxy) is 2. The standard InChI is InChI=1S/C18H17N3O6/c19-18(25)21-15(22)11-26-16(23)10-20-17(24)12-6-8-14(9-7-12)27-13-4-2-1-3-5-13/h1-9H,10-11H2,(H,20,24)(H3,19,21,22,25). The SMILES string of the molecule is NC(=O)NC(=O)COC(=O)CNC(=O)c1ccc(Oc2ccccc2)cc1. The number of benzene rings is 2. The number of amides is 4. The fraction of sp³-hybridized carbons (Fsp3) is 0.111. The smallest absolute Gasteiger partial charge is 0.325 e. The molecule has 0 aliphatic carbocycles. The van der Waals surface area contributed by atoms with Crippen molar-refractivity contribution < 1.29 is 28.7 Å². The lowest BCUT2D eigenvalue weighted by Crippen LogP contribution is -2.39. The van der Waals surface area contributed by atoms with Crippen molar-refractivity contribution in [2.75, 3.05) is 13.2 Å². The van der Waals surface area contributed by atoms with Crippen molar-refractivity contribution in [3.63, 3.8) is 0 Å². The highest BCUT2D eigenvalue weighted by Crippen LogP contribution is 2.21. The summed E-state index contributed by atoms with van der Waals surface area (Å²) in [5, 5.41) is 4.09. The number of hydrogen-bond donors (Lipinski definition) is 3. The summed E-state index contributed by atoms with van der Waals surface area (Å²) in [6.07, 6.45) is 0. The molecule has 2 aromatic rings. The molecule has 0 atom stereocenters. The topological polar surface area (TPSA) is 137 Å². The van der Waals surface area contributed by atoms with Gasteiger partial charge in [-0.15, -0.1) is 0 Å². The Kier molecular flexibility index (Phi) is 6.89. The molecule has 0 saturated carbocycles. The summed E-state index contributed by atoms with van der Waals surface area (Å²) in [6.45, 7) is -1.12. The van der Waals surface area contributed by atoms with E-state index in [0.717, 1.165) is 0 Å². The van der Waals surface area contributed by atoms with Crippen LogP contribution in [0.15, 0.2) is 54.6 Å². The van der Waals surface area contributed by atoms with Crippen molar-refractivity contribution in [3.8, 4) is 11.5 Å². The Hall–Kier alpha value is -3.88. The monoisotopic (exact) mass is 371 g/mol. The van der Waals surface area contributed by atoms with Gasteiger partial charge < -0.3 is 20.5 Å². The lowest BCUT2D eigenvalue weighted by Gasteiger charge is -2.08. The van der Waals surface area contributed by atoms with E-state index < -0.39 is 37.0 Å². The molecule has 0 fully saturated rings. The van der Waals surface area contributed by atoms with Gasteiger partial charge in [-0.2, -0.15) is 0 Å². The first-order valence-electron chi connectivity index (χ1n) is 7.80. The van der Waals surface area contributed by atoms with Crippen molar-refractivity contribution >= 4 is 23.8 Å². The van der Waals surface area contributed by atoms with Gasteiger partial charge in [0.2, 0.25) is 0 Å². The quantitative estimate of drug-likeness (QED) is 0.620. The van der Waals surface area contributed by atoms with Gasteiger partial charge in [0.1, 0.15) is 18.0 Å². The Morgan fingerprint density at radius 3 is 2.15 bits per heavy atom. The van der Waals surface area contributed by atoms with Crippen LogP contribution in [0.25, 0.3) is 0 Å². The molecule has 4 N–H and O–H groups in total. The van der Waals surface area contributed by atoms with Crippen LogP contribution in [0.3, 0.4) is 0 Å². The zero-order valence-electron chi connectivity index (χ0n) is 14.1. The van der Waals surface area contributed by atoms with Crippen LogP contribution >= 0.6 is 0 Å². The van der Waals surface area contributed by atoms with E-state index >= 15 is 0 Å². The van der Waals surface area contributed by atoms with Crippen molar-refractivity contribution in [3.05, 3.63) is 60.2 Å². The highest BCUT2D eigenvalue weighted by Gasteiger charge is 2.11. The van der Waals surface area contributed by atoms with Gasteiger partial charge in [0.15, 0.2) is 6.61 Å². The molecule has 27 heavy (non-hydrogen) atoms. The van der Waals surface area contributed by atoms with Gasteiger partial charge in [-0.3, -0.25) is 19.7 Å². The number of nitrogens with one attached hydrogen (secondary N) is 2. The second kappa shape index (κ2) is 9.56. The van der Waals surface area contributed by atoms with Crippen LogP contribution in [0, 0.1) is 0 Å². The fourth-order valence-electron chi connectivity index (χ4n) is 1.92. The average molecular weight is 371 g/mol. The van der Waals surface area contributed by atoms with Crippen molar-refractivity contribution in [1.82, 2.24) is 10.6 Å². The Balaban J connectivity index is 1.77. The molecular formula is C18H17N3O6. The van der Waals surface area contributed by atoms with Gasteiger partial charge in [0.05, 0.1) is 0 Å².